The van der Waals surface area contributed by atoms with Crippen LogP contribution in [0, 0.1) is 0 Å². The van der Waals surface area contributed by atoms with Crippen molar-refractivity contribution in [2.75, 3.05) is 18.4 Å². The lowest BCUT2D eigenvalue weighted by Crippen LogP contribution is -2.36. The summed E-state index contributed by atoms with van der Waals surface area (Å²) in [5.74, 6) is -0.680. The number of nitrogens with two attached hydrogens (primary N) is 1. The van der Waals surface area contributed by atoms with E-state index in [4.69, 9.17) is 5.73 Å². The molecule has 82 valence electrons. The molecule has 0 aliphatic rings. The van der Waals surface area contributed by atoms with Crippen LogP contribution in [-0.4, -0.2) is 34.7 Å². The number of aromatic nitrogens is 2. The van der Waals surface area contributed by atoms with Gasteiger partial charge >= 0.3 is 0 Å². The van der Waals surface area contributed by atoms with Gasteiger partial charge in [0.1, 0.15) is 0 Å². The summed E-state index contributed by atoms with van der Waals surface area (Å²) in [6.07, 6.45) is 3.17. The number of hydrogen-bond acceptors (Lipinski definition) is 4. The zero-order valence-corrected chi connectivity index (χ0v) is 8.36. The summed E-state index contributed by atoms with van der Waals surface area (Å²) in [6, 6.07) is 0. The molecule has 0 aliphatic heterocycles. The summed E-state index contributed by atoms with van der Waals surface area (Å²) < 4.78 is 1.56. The first kappa shape index (κ1) is 11.2. The van der Waals surface area contributed by atoms with Crippen molar-refractivity contribution in [1.82, 2.24) is 15.1 Å². The molecular weight excluding hydrogens is 198 g/mol. The third-order valence-electron chi connectivity index (χ3n) is 1.62. The summed E-state index contributed by atoms with van der Waals surface area (Å²) in [6.45, 7) is -0.217. The summed E-state index contributed by atoms with van der Waals surface area (Å²) >= 11 is 0. The third-order valence-corrected chi connectivity index (χ3v) is 1.62. The fourth-order valence-corrected chi connectivity index (χ4v) is 0.942. The lowest BCUT2D eigenvalue weighted by Gasteiger charge is -2.03. The first-order chi connectivity index (χ1) is 7.11. The van der Waals surface area contributed by atoms with Crippen LogP contribution in [0.5, 0.6) is 0 Å². The predicted octanol–water partition coefficient (Wildman–Crippen LogP) is -1.57. The fourth-order valence-electron chi connectivity index (χ4n) is 0.942. The Balaban J connectivity index is 2.33. The Morgan fingerprint density at radius 2 is 2.27 bits per heavy atom. The number of carbonyl (C=O) groups is 2. The first-order valence-electron chi connectivity index (χ1n) is 4.37. The Morgan fingerprint density at radius 1 is 1.53 bits per heavy atom. The predicted molar refractivity (Wildman–Crippen MR) is 53.9 cm³/mol. The van der Waals surface area contributed by atoms with E-state index in [2.05, 4.69) is 15.7 Å². The molecule has 0 atom stereocenters. The lowest BCUT2D eigenvalue weighted by molar-refractivity contribution is -0.123. The van der Waals surface area contributed by atoms with E-state index in [1.54, 1.807) is 17.9 Å². The molecule has 0 aromatic carbocycles. The number of amides is 2. The number of rotatable bonds is 4. The van der Waals surface area contributed by atoms with E-state index in [0.717, 1.165) is 0 Å². The van der Waals surface area contributed by atoms with Crippen LogP contribution in [-0.2, 0) is 16.6 Å². The van der Waals surface area contributed by atoms with Crippen molar-refractivity contribution in [2.24, 2.45) is 12.8 Å². The fraction of sp³-hybridized carbons (Fsp3) is 0.375. The monoisotopic (exact) mass is 211 g/mol. The maximum atomic E-state index is 11.2. The first-order valence-corrected chi connectivity index (χ1v) is 4.37. The van der Waals surface area contributed by atoms with Crippen LogP contribution in [0.1, 0.15) is 0 Å². The maximum Gasteiger partial charge on any atom is 0.243 e. The van der Waals surface area contributed by atoms with Gasteiger partial charge in [0.15, 0.2) is 0 Å². The van der Waals surface area contributed by atoms with Crippen molar-refractivity contribution < 1.29 is 9.59 Å². The zero-order valence-electron chi connectivity index (χ0n) is 8.36. The highest BCUT2D eigenvalue weighted by Crippen LogP contribution is 2.01. The second-order valence-electron chi connectivity index (χ2n) is 2.93. The molecule has 2 amide bonds. The molecule has 0 unspecified atom stereocenters. The second kappa shape index (κ2) is 5.11. The second-order valence-corrected chi connectivity index (χ2v) is 2.93. The third kappa shape index (κ3) is 3.77. The van der Waals surface area contributed by atoms with E-state index in [1.165, 1.54) is 6.20 Å². The SMILES string of the molecule is Cn1cc(NC(=O)CNC(=O)CN)cn1. The van der Waals surface area contributed by atoms with Gasteiger partial charge < -0.3 is 16.4 Å². The van der Waals surface area contributed by atoms with Gasteiger partial charge in [-0.25, -0.2) is 0 Å². The molecule has 1 rings (SSSR count). The van der Waals surface area contributed by atoms with Gasteiger partial charge in [-0.2, -0.15) is 5.10 Å². The van der Waals surface area contributed by atoms with Gasteiger partial charge in [-0.15, -0.1) is 0 Å². The Kier molecular flexibility index (Phi) is 3.81. The molecule has 0 fully saturated rings. The molecule has 0 saturated carbocycles. The van der Waals surface area contributed by atoms with E-state index in [-0.39, 0.29) is 24.9 Å². The largest absolute Gasteiger partial charge is 0.346 e. The van der Waals surface area contributed by atoms with E-state index in [1.807, 2.05) is 0 Å². The summed E-state index contributed by atoms with van der Waals surface area (Å²) in [4.78, 5) is 22.0. The van der Waals surface area contributed by atoms with Crippen molar-refractivity contribution in [3.63, 3.8) is 0 Å². The molecule has 0 aliphatic carbocycles. The molecule has 1 aromatic rings. The number of aryl methyl sites for hydroxylation is 1. The van der Waals surface area contributed by atoms with Gasteiger partial charge in [0, 0.05) is 13.2 Å². The van der Waals surface area contributed by atoms with Gasteiger partial charge in [0.05, 0.1) is 25.0 Å². The molecule has 0 saturated heterocycles. The molecule has 0 radical (unpaired) electrons. The molecule has 15 heavy (non-hydrogen) atoms. The normalized spacial score (nSPS) is 9.73. The number of carbonyl (C=O) groups excluding carboxylic acids is 2. The van der Waals surface area contributed by atoms with Crippen LogP contribution in [0.25, 0.3) is 0 Å². The zero-order chi connectivity index (χ0) is 11.3. The Hall–Kier alpha value is -1.89. The Bertz CT molecular complexity index is 360. The van der Waals surface area contributed by atoms with Gasteiger partial charge in [-0.1, -0.05) is 0 Å². The molecule has 1 heterocycles. The van der Waals surface area contributed by atoms with Crippen LogP contribution >= 0.6 is 0 Å². The highest BCUT2D eigenvalue weighted by atomic mass is 16.2. The Morgan fingerprint density at radius 3 is 2.80 bits per heavy atom. The van der Waals surface area contributed by atoms with Gasteiger partial charge in [-0.05, 0) is 0 Å². The van der Waals surface area contributed by atoms with Crippen molar-refractivity contribution in [1.29, 1.82) is 0 Å². The van der Waals surface area contributed by atoms with Gasteiger partial charge in [-0.3, -0.25) is 14.3 Å². The Labute approximate surface area is 86.6 Å². The highest BCUT2D eigenvalue weighted by Gasteiger charge is 2.05. The van der Waals surface area contributed by atoms with Gasteiger partial charge in [0.2, 0.25) is 11.8 Å². The number of nitrogens with one attached hydrogen (secondary N) is 2. The van der Waals surface area contributed by atoms with Crippen LogP contribution < -0.4 is 16.4 Å². The number of nitrogens with zero attached hydrogens (tertiary/aromatic N) is 2. The van der Waals surface area contributed by atoms with E-state index in [9.17, 15) is 9.59 Å². The highest BCUT2D eigenvalue weighted by molar-refractivity contribution is 5.94. The lowest BCUT2D eigenvalue weighted by atomic mass is 10.5. The molecule has 4 N–H and O–H groups in total. The smallest absolute Gasteiger partial charge is 0.243 e. The summed E-state index contributed by atoms with van der Waals surface area (Å²) in [7, 11) is 1.74. The van der Waals surface area contributed by atoms with Crippen molar-refractivity contribution >= 4 is 17.5 Å². The molecule has 7 heteroatoms. The average Bonchev–Trinajstić information content (AvgIpc) is 2.60. The topological polar surface area (TPSA) is 102 Å². The minimum Gasteiger partial charge on any atom is -0.346 e. The van der Waals surface area contributed by atoms with Crippen molar-refractivity contribution in [3.8, 4) is 0 Å². The molecule has 7 nitrogen and oxygen atoms in total. The van der Waals surface area contributed by atoms with E-state index >= 15 is 0 Å². The summed E-state index contributed by atoms with van der Waals surface area (Å²) in [5.41, 5.74) is 5.64. The summed E-state index contributed by atoms with van der Waals surface area (Å²) in [5, 5.41) is 8.80. The van der Waals surface area contributed by atoms with Crippen LogP contribution in [0.4, 0.5) is 5.69 Å². The molecule has 0 spiro atoms. The molecule has 1 aromatic heterocycles. The molecule has 0 bridgehead atoms. The molecular formula is C8H13N5O2. The van der Waals surface area contributed by atoms with Gasteiger partial charge in [0.25, 0.3) is 0 Å². The van der Waals surface area contributed by atoms with E-state index in [0.29, 0.717) is 5.69 Å². The minimum atomic E-state index is -0.365. The number of anilines is 1. The van der Waals surface area contributed by atoms with Crippen molar-refractivity contribution in [3.05, 3.63) is 12.4 Å². The van der Waals surface area contributed by atoms with Crippen LogP contribution in [0.15, 0.2) is 12.4 Å². The average molecular weight is 211 g/mol. The van der Waals surface area contributed by atoms with Crippen molar-refractivity contribution in [2.45, 2.75) is 0 Å². The standard InChI is InChI=1S/C8H13N5O2/c1-13-5-6(3-11-13)12-8(15)4-10-7(14)2-9/h3,5H,2,4,9H2,1H3,(H,10,14)(H,12,15). The quantitative estimate of drug-likeness (QED) is 0.560. The van der Waals surface area contributed by atoms with E-state index < -0.39 is 0 Å². The minimum absolute atomic E-state index is 0.0923. The number of hydrogen-bond donors (Lipinski definition) is 3. The van der Waals surface area contributed by atoms with Crippen LogP contribution in [0.3, 0.4) is 0 Å². The van der Waals surface area contributed by atoms with Crippen LogP contribution in [0.2, 0.25) is 0 Å². The maximum absolute atomic E-state index is 11.2.